The predicted molar refractivity (Wildman–Crippen MR) is 69.5 cm³/mol. The summed E-state index contributed by atoms with van der Waals surface area (Å²) in [7, 11) is 0. The Hall–Kier alpha value is -1.89. The summed E-state index contributed by atoms with van der Waals surface area (Å²) in [5.41, 5.74) is 1.01. The van der Waals surface area contributed by atoms with Crippen molar-refractivity contribution < 1.29 is 9.90 Å². The summed E-state index contributed by atoms with van der Waals surface area (Å²) in [6.07, 6.45) is 7.12. The van der Waals surface area contributed by atoms with E-state index >= 15 is 0 Å². The molecule has 0 unspecified atom stereocenters. The largest absolute Gasteiger partial charge is 0.481 e. The molecule has 1 saturated carbocycles. The van der Waals surface area contributed by atoms with E-state index in [9.17, 15) is 4.79 Å². The molecule has 0 spiro atoms. The Morgan fingerprint density at radius 1 is 1.47 bits per heavy atom. The van der Waals surface area contributed by atoms with Crippen LogP contribution in [0.5, 0.6) is 0 Å². The molecule has 1 aliphatic rings. The molecule has 1 fully saturated rings. The van der Waals surface area contributed by atoms with Crippen LogP contribution >= 0.6 is 11.8 Å². The van der Waals surface area contributed by atoms with Gasteiger partial charge in [-0.3, -0.25) is 9.78 Å². The molecule has 7 heteroatoms. The maximum atomic E-state index is 10.7. The second kappa shape index (κ2) is 5.00. The summed E-state index contributed by atoms with van der Waals surface area (Å²) in [6.45, 7) is 0. The van der Waals surface area contributed by atoms with Crippen molar-refractivity contribution in [3.63, 3.8) is 0 Å². The van der Waals surface area contributed by atoms with Crippen molar-refractivity contribution in [1.82, 2.24) is 19.7 Å². The molecule has 1 N–H and O–H groups in total. The van der Waals surface area contributed by atoms with Crippen molar-refractivity contribution in [3.05, 3.63) is 30.4 Å². The average molecular weight is 276 g/mol. The molecular weight excluding hydrogens is 264 g/mol. The SMILES string of the molecule is O=C(O)CSc1cc(C2CC2)nn1-c1cnccn1. The maximum Gasteiger partial charge on any atom is 0.313 e. The van der Waals surface area contributed by atoms with Gasteiger partial charge in [-0.25, -0.2) is 9.67 Å². The molecule has 0 aliphatic heterocycles. The highest BCUT2D eigenvalue weighted by molar-refractivity contribution is 7.99. The number of thioether (sulfide) groups is 1. The van der Waals surface area contributed by atoms with Crippen molar-refractivity contribution in [3.8, 4) is 5.82 Å². The lowest BCUT2D eigenvalue weighted by molar-refractivity contribution is -0.133. The zero-order valence-electron chi connectivity index (χ0n) is 10.1. The van der Waals surface area contributed by atoms with Crippen molar-refractivity contribution in [2.75, 3.05) is 5.75 Å². The number of carboxylic acid groups (broad SMARTS) is 1. The van der Waals surface area contributed by atoms with Gasteiger partial charge in [0.1, 0.15) is 5.03 Å². The van der Waals surface area contributed by atoms with E-state index in [1.807, 2.05) is 6.07 Å². The molecule has 0 radical (unpaired) electrons. The summed E-state index contributed by atoms with van der Waals surface area (Å²) in [6, 6.07) is 1.96. The van der Waals surface area contributed by atoms with Gasteiger partial charge in [-0.15, -0.1) is 0 Å². The van der Waals surface area contributed by atoms with E-state index in [2.05, 4.69) is 15.1 Å². The van der Waals surface area contributed by atoms with Gasteiger partial charge in [-0.05, 0) is 18.9 Å². The highest BCUT2D eigenvalue weighted by Gasteiger charge is 2.28. The molecule has 0 atom stereocenters. The number of hydrogen-bond acceptors (Lipinski definition) is 5. The average Bonchev–Trinajstić information content (AvgIpc) is 3.18. The first kappa shape index (κ1) is 12.2. The van der Waals surface area contributed by atoms with E-state index in [1.54, 1.807) is 23.3 Å². The van der Waals surface area contributed by atoms with Crippen molar-refractivity contribution in [1.29, 1.82) is 0 Å². The molecule has 0 saturated heterocycles. The number of nitrogens with zero attached hydrogens (tertiary/aromatic N) is 4. The lowest BCUT2D eigenvalue weighted by atomic mass is 10.3. The molecule has 1 aliphatic carbocycles. The summed E-state index contributed by atoms with van der Waals surface area (Å²) in [5.74, 6) is 0.296. The molecule has 2 heterocycles. The van der Waals surface area contributed by atoms with E-state index in [0.717, 1.165) is 23.6 Å². The van der Waals surface area contributed by atoms with Gasteiger partial charge in [0.15, 0.2) is 5.82 Å². The molecule has 6 nitrogen and oxygen atoms in total. The van der Waals surface area contributed by atoms with Crippen LogP contribution in [-0.2, 0) is 4.79 Å². The van der Waals surface area contributed by atoms with Crippen LogP contribution in [0.3, 0.4) is 0 Å². The second-order valence-electron chi connectivity index (χ2n) is 4.34. The predicted octanol–water partition coefficient (Wildman–Crippen LogP) is 1.72. The Morgan fingerprint density at radius 3 is 2.95 bits per heavy atom. The van der Waals surface area contributed by atoms with Crippen LogP contribution in [0.1, 0.15) is 24.5 Å². The fourth-order valence-corrected chi connectivity index (χ4v) is 2.50. The highest BCUT2D eigenvalue weighted by atomic mass is 32.2. The van der Waals surface area contributed by atoms with Crippen LogP contribution in [0.25, 0.3) is 5.82 Å². The molecule has 2 aromatic heterocycles. The fourth-order valence-electron chi connectivity index (χ4n) is 1.76. The molecular formula is C12H12N4O2S. The molecule has 0 bridgehead atoms. The first-order chi connectivity index (χ1) is 9.24. The van der Waals surface area contributed by atoms with Gasteiger partial charge in [0.05, 0.1) is 17.6 Å². The molecule has 98 valence electrons. The molecule has 19 heavy (non-hydrogen) atoms. The first-order valence-electron chi connectivity index (χ1n) is 5.95. The third-order valence-electron chi connectivity index (χ3n) is 2.80. The minimum absolute atomic E-state index is 0.00998. The Labute approximate surface area is 113 Å². The zero-order chi connectivity index (χ0) is 13.2. The fraction of sp³-hybridized carbons (Fsp3) is 0.333. The lowest BCUT2D eigenvalue weighted by Crippen LogP contribution is -2.04. The lowest BCUT2D eigenvalue weighted by Gasteiger charge is -2.03. The van der Waals surface area contributed by atoms with Gasteiger partial charge in [0, 0.05) is 18.3 Å². The zero-order valence-corrected chi connectivity index (χ0v) is 10.9. The minimum atomic E-state index is -0.843. The van der Waals surface area contributed by atoms with Crippen molar-refractivity contribution in [2.24, 2.45) is 0 Å². The molecule has 2 aromatic rings. The van der Waals surface area contributed by atoms with Gasteiger partial charge in [0.25, 0.3) is 0 Å². The smallest absolute Gasteiger partial charge is 0.313 e. The number of carbonyl (C=O) groups is 1. The van der Waals surface area contributed by atoms with E-state index in [1.165, 1.54) is 11.8 Å². The van der Waals surface area contributed by atoms with Crippen LogP contribution in [0.4, 0.5) is 0 Å². The van der Waals surface area contributed by atoms with E-state index in [0.29, 0.717) is 11.7 Å². The van der Waals surface area contributed by atoms with E-state index in [4.69, 9.17) is 5.11 Å². The summed E-state index contributed by atoms with van der Waals surface area (Å²) < 4.78 is 1.67. The number of aliphatic carboxylic acids is 1. The van der Waals surface area contributed by atoms with Crippen LogP contribution < -0.4 is 0 Å². The van der Waals surface area contributed by atoms with E-state index < -0.39 is 5.97 Å². The minimum Gasteiger partial charge on any atom is -0.481 e. The number of carboxylic acids is 1. The number of rotatable bonds is 5. The third kappa shape index (κ3) is 2.76. The first-order valence-corrected chi connectivity index (χ1v) is 6.93. The molecule has 0 aromatic carbocycles. The van der Waals surface area contributed by atoms with Gasteiger partial charge < -0.3 is 5.11 Å². The van der Waals surface area contributed by atoms with Gasteiger partial charge >= 0.3 is 5.97 Å². The summed E-state index contributed by atoms with van der Waals surface area (Å²) in [4.78, 5) is 18.9. The second-order valence-corrected chi connectivity index (χ2v) is 5.34. The standard InChI is InChI=1S/C12H12N4O2S/c17-12(18)7-19-11-5-9(8-1-2-8)15-16(11)10-6-13-3-4-14-10/h3-6,8H,1-2,7H2,(H,17,18). The number of hydrogen-bond donors (Lipinski definition) is 1. The maximum absolute atomic E-state index is 10.7. The monoisotopic (exact) mass is 276 g/mol. The third-order valence-corrected chi connectivity index (χ3v) is 3.78. The van der Waals surface area contributed by atoms with E-state index in [-0.39, 0.29) is 5.75 Å². The Kier molecular flexibility index (Phi) is 3.20. The van der Waals surface area contributed by atoms with Crippen LogP contribution in [-0.4, -0.2) is 36.6 Å². The molecule has 3 rings (SSSR count). The Bertz CT molecular complexity index is 595. The Balaban J connectivity index is 1.93. The molecule has 0 amide bonds. The summed E-state index contributed by atoms with van der Waals surface area (Å²) in [5, 5.41) is 14.1. The van der Waals surface area contributed by atoms with Crippen molar-refractivity contribution >= 4 is 17.7 Å². The highest BCUT2D eigenvalue weighted by Crippen LogP contribution is 2.40. The van der Waals surface area contributed by atoms with Crippen molar-refractivity contribution in [2.45, 2.75) is 23.8 Å². The van der Waals surface area contributed by atoms with Gasteiger partial charge in [0.2, 0.25) is 0 Å². The van der Waals surface area contributed by atoms with Crippen LogP contribution in [0.15, 0.2) is 29.7 Å². The van der Waals surface area contributed by atoms with Crippen LogP contribution in [0.2, 0.25) is 0 Å². The van der Waals surface area contributed by atoms with Gasteiger partial charge in [-0.2, -0.15) is 5.10 Å². The van der Waals surface area contributed by atoms with Crippen LogP contribution in [0, 0.1) is 0 Å². The summed E-state index contributed by atoms with van der Waals surface area (Å²) >= 11 is 1.25. The van der Waals surface area contributed by atoms with Gasteiger partial charge in [-0.1, -0.05) is 11.8 Å². The Morgan fingerprint density at radius 2 is 2.32 bits per heavy atom. The topological polar surface area (TPSA) is 80.9 Å². The normalized spacial score (nSPS) is 14.5. The number of aromatic nitrogens is 4. The quantitative estimate of drug-likeness (QED) is 0.837.